The number of nitrogens with zero attached hydrogens (tertiary/aromatic N) is 1. The molecule has 2 aromatic carbocycles. The van der Waals surface area contributed by atoms with Crippen LogP contribution in [0.5, 0.6) is 0 Å². The van der Waals surface area contributed by atoms with Crippen LogP contribution in [0.4, 0.5) is 11.4 Å². The van der Waals surface area contributed by atoms with Gasteiger partial charge < -0.3 is 5.32 Å². The summed E-state index contributed by atoms with van der Waals surface area (Å²) < 4.78 is 0. The highest BCUT2D eigenvalue weighted by atomic mass is 16.2. The van der Waals surface area contributed by atoms with Gasteiger partial charge in [0.2, 0.25) is 5.91 Å². The summed E-state index contributed by atoms with van der Waals surface area (Å²) in [6.07, 6.45) is 1.11. The summed E-state index contributed by atoms with van der Waals surface area (Å²) >= 11 is 0. The lowest BCUT2D eigenvalue weighted by molar-refractivity contribution is -0.121. The molecular weight excluding hydrogens is 300 g/mol. The Balaban J connectivity index is 1.82. The van der Waals surface area contributed by atoms with Crippen LogP contribution in [-0.2, 0) is 16.0 Å². The molecule has 4 heteroatoms. The summed E-state index contributed by atoms with van der Waals surface area (Å²) in [7, 11) is 0. The Labute approximate surface area is 142 Å². The number of hydrogen-bond donors (Lipinski definition) is 1. The van der Waals surface area contributed by atoms with E-state index >= 15 is 0 Å². The molecule has 1 heterocycles. The smallest absolute Gasteiger partial charge is 0.256 e. The first kappa shape index (κ1) is 16.2. The van der Waals surface area contributed by atoms with Gasteiger partial charge >= 0.3 is 0 Å². The number of aryl methyl sites for hydroxylation is 2. The Kier molecular flexibility index (Phi) is 4.38. The number of carbonyl (C=O) groups excluding carboxylic acids is 2. The van der Waals surface area contributed by atoms with Crippen LogP contribution in [0.25, 0.3) is 0 Å². The molecule has 4 nitrogen and oxygen atoms in total. The van der Waals surface area contributed by atoms with Gasteiger partial charge in [-0.1, -0.05) is 31.2 Å². The van der Waals surface area contributed by atoms with Crippen LogP contribution in [-0.4, -0.2) is 17.9 Å². The molecule has 0 spiro atoms. The highest BCUT2D eigenvalue weighted by molar-refractivity contribution is 6.23. The fourth-order valence-corrected chi connectivity index (χ4v) is 2.99. The Morgan fingerprint density at radius 2 is 1.79 bits per heavy atom. The maximum absolute atomic E-state index is 12.7. The average molecular weight is 322 g/mol. The molecule has 1 atom stereocenters. The van der Waals surface area contributed by atoms with Crippen molar-refractivity contribution in [3.63, 3.8) is 0 Å². The highest BCUT2D eigenvalue weighted by Gasteiger charge is 2.39. The summed E-state index contributed by atoms with van der Waals surface area (Å²) in [5, 5.41) is 3.24. The molecule has 0 aliphatic carbocycles. The molecule has 1 aliphatic rings. The van der Waals surface area contributed by atoms with Gasteiger partial charge in [0.1, 0.15) is 6.04 Å². The molecule has 1 fully saturated rings. The maximum Gasteiger partial charge on any atom is 0.256 e. The van der Waals surface area contributed by atoms with Crippen molar-refractivity contribution in [2.45, 2.75) is 39.7 Å². The molecule has 0 aromatic heterocycles. The summed E-state index contributed by atoms with van der Waals surface area (Å²) in [6.45, 7) is 6.12. The molecule has 0 unspecified atom stereocenters. The van der Waals surface area contributed by atoms with Crippen molar-refractivity contribution in [3.8, 4) is 0 Å². The van der Waals surface area contributed by atoms with Crippen LogP contribution in [0, 0.1) is 13.8 Å². The first-order valence-corrected chi connectivity index (χ1v) is 8.29. The van der Waals surface area contributed by atoms with E-state index in [0.29, 0.717) is 5.69 Å². The molecule has 2 amide bonds. The number of carbonyl (C=O) groups is 2. The van der Waals surface area contributed by atoms with Gasteiger partial charge in [-0.05, 0) is 55.2 Å². The second-order valence-corrected chi connectivity index (χ2v) is 6.24. The van der Waals surface area contributed by atoms with Crippen LogP contribution in [0.2, 0.25) is 0 Å². The third-order valence-electron chi connectivity index (χ3n) is 4.68. The number of benzene rings is 2. The molecule has 124 valence electrons. The zero-order valence-electron chi connectivity index (χ0n) is 14.3. The van der Waals surface area contributed by atoms with E-state index in [-0.39, 0.29) is 18.2 Å². The first-order valence-electron chi connectivity index (χ1n) is 8.29. The van der Waals surface area contributed by atoms with Crippen LogP contribution in [0.3, 0.4) is 0 Å². The number of anilines is 2. The lowest BCUT2D eigenvalue weighted by Gasteiger charge is -2.18. The van der Waals surface area contributed by atoms with Crippen LogP contribution >= 0.6 is 0 Å². The zero-order chi connectivity index (χ0) is 17.3. The molecule has 3 rings (SSSR count). The summed E-state index contributed by atoms with van der Waals surface area (Å²) in [5.74, 6) is -0.350. The van der Waals surface area contributed by atoms with Gasteiger partial charge in [0, 0.05) is 5.69 Å². The third kappa shape index (κ3) is 2.92. The summed E-state index contributed by atoms with van der Waals surface area (Å²) in [6, 6.07) is 13.0. The van der Waals surface area contributed by atoms with Crippen molar-refractivity contribution in [2.24, 2.45) is 0 Å². The average Bonchev–Trinajstić information content (AvgIpc) is 2.86. The van der Waals surface area contributed by atoms with E-state index in [1.165, 1.54) is 10.5 Å². The van der Waals surface area contributed by atoms with E-state index in [9.17, 15) is 9.59 Å². The number of rotatable bonds is 4. The normalized spacial score (nSPS) is 17.5. The Bertz CT molecular complexity index is 781. The van der Waals surface area contributed by atoms with Crippen LogP contribution in [0.1, 0.15) is 30.0 Å². The second kappa shape index (κ2) is 6.48. The first-order chi connectivity index (χ1) is 11.5. The van der Waals surface area contributed by atoms with E-state index in [2.05, 4.69) is 12.2 Å². The number of nitrogens with one attached hydrogen (secondary N) is 1. The van der Waals surface area contributed by atoms with Gasteiger partial charge in [-0.15, -0.1) is 0 Å². The van der Waals surface area contributed by atoms with Gasteiger partial charge in [-0.3, -0.25) is 9.59 Å². The number of imide groups is 1. The molecular formula is C20H22N2O2. The molecule has 1 N–H and O–H groups in total. The monoisotopic (exact) mass is 322 g/mol. The minimum Gasteiger partial charge on any atom is -0.373 e. The molecule has 24 heavy (non-hydrogen) atoms. The van der Waals surface area contributed by atoms with Gasteiger partial charge in [0.05, 0.1) is 12.1 Å². The van der Waals surface area contributed by atoms with E-state index in [1.54, 1.807) is 0 Å². The van der Waals surface area contributed by atoms with E-state index in [4.69, 9.17) is 0 Å². The van der Waals surface area contributed by atoms with Crippen molar-refractivity contribution in [3.05, 3.63) is 59.2 Å². The fraction of sp³-hybridized carbons (Fsp3) is 0.300. The lowest BCUT2D eigenvalue weighted by atomic mass is 10.1. The number of amides is 2. The molecule has 0 bridgehead atoms. The topological polar surface area (TPSA) is 49.4 Å². The van der Waals surface area contributed by atoms with E-state index in [1.807, 2.05) is 56.3 Å². The van der Waals surface area contributed by atoms with Gasteiger partial charge in [-0.25, -0.2) is 4.90 Å². The minimum atomic E-state index is -0.510. The molecule has 0 radical (unpaired) electrons. The fourth-order valence-electron chi connectivity index (χ4n) is 2.99. The highest BCUT2D eigenvalue weighted by Crippen LogP contribution is 2.27. The Morgan fingerprint density at radius 1 is 1.08 bits per heavy atom. The summed E-state index contributed by atoms with van der Waals surface area (Å²) in [5.41, 5.74) is 4.99. The molecule has 2 aromatic rings. The predicted octanol–water partition coefficient (Wildman–Crippen LogP) is 3.61. The second-order valence-electron chi connectivity index (χ2n) is 6.24. The third-order valence-corrected chi connectivity index (χ3v) is 4.68. The molecule has 0 saturated carbocycles. The van der Waals surface area contributed by atoms with E-state index in [0.717, 1.165) is 23.2 Å². The van der Waals surface area contributed by atoms with Crippen molar-refractivity contribution in [1.29, 1.82) is 0 Å². The molecule has 1 saturated heterocycles. The van der Waals surface area contributed by atoms with Gasteiger partial charge in [0.15, 0.2) is 0 Å². The van der Waals surface area contributed by atoms with Crippen LogP contribution < -0.4 is 10.2 Å². The quantitative estimate of drug-likeness (QED) is 0.875. The Hall–Kier alpha value is -2.62. The largest absolute Gasteiger partial charge is 0.373 e. The number of hydrogen-bond acceptors (Lipinski definition) is 3. The maximum atomic E-state index is 12.7. The van der Waals surface area contributed by atoms with E-state index < -0.39 is 6.04 Å². The van der Waals surface area contributed by atoms with Gasteiger partial charge in [-0.2, -0.15) is 0 Å². The SMILES string of the molecule is CCc1ccc(N2C(=O)C[C@@H](Nc3cccc(C)c3C)C2=O)cc1. The van der Waals surface area contributed by atoms with Crippen LogP contribution in [0.15, 0.2) is 42.5 Å². The minimum absolute atomic E-state index is 0.160. The van der Waals surface area contributed by atoms with Crippen molar-refractivity contribution in [1.82, 2.24) is 0 Å². The Morgan fingerprint density at radius 3 is 2.46 bits per heavy atom. The summed E-state index contributed by atoms with van der Waals surface area (Å²) in [4.78, 5) is 26.4. The standard InChI is InChI=1S/C20H22N2O2/c1-4-15-8-10-16(11-9-15)22-19(23)12-18(20(22)24)21-17-7-5-6-13(2)14(17)3/h5-11,18,21H,4,12H2,1-3H3/t18-/m1/s1. The lowest BCUT2D eigenvalue weighted by Crippen LogP contribution is -2.34. The predicted molar refractivity (Wildman–Crippen MR) is 96.3 cm³/mol. The van der Waals surface area contributed by atoms with Gasteiger partial charge in [0.25, 0.3) is 5.91 Å². The van der Waals surface area contributed by atoms with Crippen molar-refractivity contribution >= 4 is 23.2 Å². The zero-order valence-corrected chi connectivity index (χ0v) is 14.3. The molecule has 1 aliphatic heterocycles. The van der Waals surface area contributed by atoms with Crippen molar-refractivity contribution in [2.75, 3.05) is 10.2 Å². The van der Waals surface area contributed by atoms with Crippen molar-refractivity contribution < 1.29 is 9.59 Å².